The lowest BCUT2D eigenvalue weighted by Crippen LogP contribution is -2.26. The van der Waals surface area contributed by atoms with Gasteiger partial charge in [-0.2, -0.15) is 0 Å². The number of benzene rings is 2. The van der Waals surface area contributed by atoms with Crippen molar-refractivity contribution in [2.24, 2.45) is 11.1 Å². The molecule has 1 aliphatic carbocycles. The van der Waals surface area contributed by atoms with Gasteiger partial charge in [-0.05, 0) is 45.7 Å². The molecule has 2 aromatic rings. The molecular formula is C17H21N. The topological polar surface area (TPSA) is 26.0 Å². The minimum absolute atomic E-state index is 0.0856. The van der Waals surface area contributed by atoms with Gasteiger partial charge in [0.2, 0.25) is 0 Å². The first-order valence-corrected chi connectivity index (χ1v) is 6.77. The van der Waals surface area contributed by atoms with Gasteiger partial charge in [0.05, 0.1) is 0 Å². The predicted molar refractivity (Wildman–Crippen MR) is 77.7 cm³/mol. The van der Waals surface area contributed by atoms with Crippen LogP contribution in [0.5, 0.6) is 0 Å². The fourth-order valence-electron chi connectivity index (χ4n) is 3.01. The lowest BCUT2D eigenvalue weighted by Gasteiger charge is -2.28. The van der Waals surface area contributed by atoms with E-state index in [0.29, 0.717) is 0 Å². The molecule has 0 fully saturated rings. The van der Waals surface area contributed by atoms with Crippen LogP contribution in [0.25, 0.3) is 10.8 Å². The molecule has 0 aromatic heterocycles. The molecule has 18 heavy (non-hydrogen) atoms. The molecule has 0 amide bonds. The lowest BCUT2D eigenvalue weighted by molar-refractivity contribution is 0.328. The van der Waals surface area contributed by atoms with Gasteiger partial charge in [0.1, 0.15) is 0 Å². The van der Waals surface area contributed by atoms with Gasteiger partial charge in [-0.1, -0.05) is 51.1 Å². The maximum atomic E-state index is 6.46. The summed E-state index contributed by atoms with van der Waals surface area (Å²) in [6.45, 7) is 6.63. The van der Waals surface area contributed by atoms with Crippen LogP contribution in [-0.4, -0.2) is 0 Å². The number of aryl methyl sites for hydroxylation is 2. The fraction of sp³-hybridized carbons (Fsp3) is 0.412. The Kier molecular flexibility index (Phi) is 2.49. The highest BCUT2D eigenvalue weighted by Gasteiger charge is 2.25. The second kappa shape index (κ2) is 3.83. The van der Waals surface area contributed by atoms with Crippen molar-refractivity contribution in [1.82, 2.24) is 0 Å². The van der Waals surface area contributed by atoms with Gasteiger partial charge in [-0.25, -0.2) is 0 Å². The SMILES string of the molecule is CC(C)(C)C(N)c1ccc2c3c(cccc13)CC2. The van der Waals surface area contributed by atoms with E-state index in [1.165, 1.54) is 40.3 Å². The van der Waals surface area contributed by atoms with E-state index in [-0.39, 0.29) is 11.5 Å². The zero-order chi connectivity index (χ0) is 12.9. The molecule has 0 heterocycles. The van der Waals surface area contributed by atoms with Crippen molar-refractivity contribution in [3.8, 4) is 0 Å². The molecule has 1 unspecified atom stereocenters. The van der Waals surface area contributed by atoms with Crippen LogP contribution in [0.2, 0.25) is 0 Å². The minimum Gasteiger partial charge on any atom is -0.323 e. The maximum absolute atomic E-state index is 6.46. The molecule has 1 aliphatic rings. The van der Waals surface area contributed by atoms with Crippen LogP contribution in [0.4, 0.5) is 0 Å². The summed E-state index contributed by atoms with van der Waals surface area (Å²) in [4.78, 5) is 0. The highest BCUT2D eigenvalue weighted by atomic mass is 14.7. The second-order valence-corrected chi connectivity index (χ2v) is 6.50. The number of hydrogen-bond acceptors (Lipinski definition) is 1. The number of nitrogens with two attached hydrogens (primary N) is 1. The van der Waals surface area contributed by atoms with Crippen LogP contribution >= 0.6 is 0 Å². The van der Waals surface area contributed by atoms with Gasteiger partial charge in [0.25, 0.3) is 0 Å². The monoisotopic (exact) mass is 239 g/mol. The van der Waals surface area contributed by atoms with E-state index < -0.39 is 0 Å². The first-order chi connectivity index (χ1) is 8.48. The Hall–Kier alpha value is -1.34. The third kappa shape index (κ3) is 1.65. The summed E-state index contributed by atoms with van der Waals surface area (Å²) in [7, 11) is 0. The van der Waals surface area contributed by atoms with E-state index in [1.807, 2.05) is 0 Å². The van der Waals surface area contributed by atoms with E-state index in [9.17, 15) is 0 Å². The third-order valence-electron chi connectivity index (χ3n) is 4.18. The van der Waals surface area contributed by atoms with E-state index >= 15 is 0 Å². The molecule has 0 radical (unpaired) electrons. The molecule has 3 rings (SSSR count). The smallest absolute Gasteiger partial charge is 0.0350 e. The van der Waals surface area contributed by atoms with Crippen LogP contribution in [0.1, 0.15) is 43.5 Å². The number of hydrogen-bond donors (Lipinski definition) is 1. The van der Waals surface area contributed by atoms with E-state index in [1.54, 1.807) is 0 Å². The summed E-state index contributed by atoms with van der Waals surface area (Å²) in [6, 6.07) is 11.3. The van der Waals surface area contributed by atoms with E-state index in [4.69, 9.17) is 5.73 Å². The van der Waals surface area contributed by atoms with Crippen LogP contribution in [-0.2, 0) is 12.8 Å². The van der Waals surface area contributed by atoms with Crippen molar-refractivity contribution in [2.45, 2.75) is 39.7 Å². The third-order valence-corrected chi connectivity index (χ3v) is 4.18. The van der Waals surface area contributed by atoms with Crippen LogP contribution in [0, 0.1) is 5.41 Å². The summed E-state index contributed by atoms with van der Waals surface area (Å²) >= 11 is 0. The van der Waals surface area contributed by atoms with E-state index in [0.717, 1.165) is 0 Å². The summed E-state index contributed by atoms with van der Waals surface area (Å²) in [5.41, 5.74) is 10.8. The largest absolute Gasteiger partial charge is 0.323 e. The highest BCUT2D eigenvalue weighted by Crippen LogP contribution is 2.38. The maximum Gasteiger partial charge on any atom is 0.0350 e. The summed E-state index contributed by atoms with van der Waals surface area (Å²) in [5.74, 6) is 0. The Balaban J connectivity index is 2.27. The van der Waals surface area contributed by atoms with Crippen molar-refractivity contribution < 1.29 is 0 Å². The molecule has 2 aromatic carbocycles. The average Bonchev–Trinajstić information content (AvgIpc) is 2.73. The molecule has 0 saturated carbocycles. The van der Waals surface area contributed by atoms with Crippen molar-refractivity contribution in [3.05, 3.63) is 47.0 Å². The van der Waals surface area contributed by atoms with Crippen LogP contribution in [0.3, 0.4) is 0 Å². The molecule has 1 nitrogen and oxygen atoms in total. The molecule has 0 spiro atoms. The quantitative estimate of drug-likeness (QED) is 0.800. The Morgan fingerprint density at radius 1 is 1.00 bits per heavy atom. The lowest BCUT2D eigenvalue weighted by atomic mass is 9.81. The molecule has 1 atom stereocenters. The summed E-state index contributed by atoms with van der Waals surface area (Å²) in [5, 5.41) is 2.83. The van der Waals surface area contributed by atoms with Crippen molar-refractivity contribution in [2.75, 3.05) is 0 Å². The Labute approximate surface area is 109 Å². The van der Waals surface area contributed by atoms with Crippen molar-refractivity contribution >= 4 is 10.8 Å². The van der Waals surface area contributed by atoms with Gasteiger partial charge < -0.3 is 5.73 Å². The van der Waals surface area contributed by atoms with Gasteiger partial charge in [-0.15, -0.1) is 0 Å². The second-order valence-electron chi connectivity index (χ2n) is 6.50. The van der Waals surface area contributed by atoms with Crippen molar-refractivity contribution in [3.63, 3.8) is 0 Å². The fourth-order valence-corrected chi connectivity index (χ4v) is 3.01. The van der Waals surface area contributed by atoms with Gasteiger partial charge in [-0.3, -0.25) is 0 Å². The normalized spacial score (nSPS) is 16.2. The van der Waals surface area contributed by atoms with Gasteiger partial charge in [0.15, 0.2) is 0 Å². The molecule has 2 N–H and O–H groups in total. The first-order valence-electron chi connectivity index (χ1n) is 6.77. The van der Waals surface area contributed by atoms with E-state index in [2.05, 4.69) is 51.1 Å². The Morgan fingerprint density at radius 2 is 1.67 bits per heavy atom. The molecule has 0 saturated heterocycles. The summed E-state index contributed by atoms with van der Waals surface area (Å²) < 4.78 is 0. The average molecular weight is 239 g/mol. The van der Waals surface area contributed by atoms with Crippen molar-refractivity contribution in [1.29, 1.82) is 0 Å². The first kappa shape index (κ1) is 11.7. The Bertz CT molecular complexity index is 595. The minimum atomic E-state index is 0.0856. The molecule has 1 heteroatoms. The predicted octanol–water partition coefficient (Wildman–Crippen LogP) is 3.98. The highest BCUT2D eigenvalue weighted by molar-refractivity contribution is 5.93. The molecule has 0 bridgehead atoms. The zero-order valence-electron chi connectivity index (χ0n) is 11.5. The van der Waals surface area contributed by atoms with Gasteiger partial charge in [0, 0.05) is 6.04 Å². The van der Waals surface area contributed by atoms with Gasteiger partial charge >= 0.3 is 0 Å². The number of rotatable bonds is 1. The zero-order valence-corrected chi connectivity index (χ0v) is 11.5. The van der Waals surface area contributed by atoms with Crippen LogP contribution < -0.4 is 5.73 Å². The Morgan fingerprint density at radius 3 is 2.33 bits per heavy atom. The molecule has 0 aliphatic heterocycles. The molecular weight excluding hydrogens is 218 g/mol. The summed E-state index contributed by atoms with van der Waals surface area (Å²) in [6.07, 6.45) is 2.36. The standard InChI is InChI=1S/C17H21N/c1-17(2,3)16(18)14-10-9-12-8-7-11-5-4-6-13(14)15(11)12/h4-6,9-10,16H,7-8,18H2,1-3H3. The van der Waals surface area contributed by atoms with Crippen LogP contribution in [0.15, 0.2) is 30.3 Å². The molecule has 94 valence electrons.